The van der Waals surface area contributed by atoms with Gasteiger partial charge in [0.1, 0.15) is 0 Å². The van der Waals surface area contributed by atoms with E-state index in [2.05, 4.69) is 11.3 Å². The Hall–Kier alpha value is -2.10. The Morgan fingerprint density at radius 3 is 2.82 bits per heavy atom. The maximum atomic E-state index is 12.7. The van der Waals surface area contributed by atoms with Crippen LogP contribution in [-0.4, -0.2) is 33.7 Å². The second kappa shape index (κ2) is 6.34. The van der Waals surface area contributed by atoms with Gasteiger partial charge in [-0.05, 0) is 36.8 Å². The highest BCUT2D eigenvalue weighted by molar-refractivity contribution is 5.83. The molecule has 0 radical (unpaired) electrons. The number of rotatable bonds is 4. The predicted molar refractivity (Wildman–Crippen MR) is 86.5 cm³/mol. The third-order valence-electron chi connectivity index (χ3n) is 4.55. The molecular weight excluding hydrogens is 274 g/mol. The Kier molecular flexibility index (Phi) is 4.27. The lowest BCUT2D eigenvalue weighted by atomic mass is 9.99. The molecule has 3 rings (SSSR count). The Bertz CT molecular complexity index is 635. The lowest BCUT2D eigenvalue weighted by Crippen LogP contribution is -2.32. The summed E-state index contributed by atoms with van der Waals surface area (Å²) in [6, 6.07) is 10.0. The normalized spacial score (nSPS) is 19.4. The minimum absolute atomic E-state index is 0.0571. The molecule has 4 heteroatoms. The summed E-state index contributed by atoms with van der Waals surface area (Å²) in [5.74, 6) is 0.745. The van der Waals surface area contributed by atoms with Crippen LogP contribution in [0.15, 0.2) is 42.7 Å². The minimum Gasteiger partial charge on any atom is -0.342 e. The second-order valence-corrected chi connectivity index (χ2v) is 6.30. The van der Waals surface area contributed by atoms with Crippen molar-refractivity contribution in [3.8, 4) is 0 Å². The molecular formula is C18H23N3O. The standard InChI is InChI=1S/C18H23N3O/c1-14(17-6-4-3-5-7-17)18(22)21-9-8-15(13-21)10-16-11-19-20(2)12-16/h3-7,11-12,14-15H,8-10,13H2,1-2H3/t14-,15?/m1/s1. The van der Waals surface area contributed by atoms with Crippen molar-refractivity contribution in [2.45, 2.75) is 25.7 Å². The first-order valence-corrected chi connectivity index (χ1v) is 7.94. The lowest BCUT2D eigenvalue weighted by molar-refractivity contribution is -0.131. The number of likely N-dealkylation sites (tertiary alicyclic amines) is 1. The number of hydrogen-bond acceptors (Lipinski definition) is 2. The van der Waals surface area contributed by atoms with Crippen molar-refractivity contribution in [1.29, 1.82) is 0 Å². The second-order valence-electron chi connectivity index (χ2n) is 6.30. The molecule has 22 heavy (non-hydrogen) atoms. The monoisotopic (exact) mass is 297 g/mol. The van der Waals surface area contributed by atoms with Crippen molar-refractivity contribution in [3.63, 3.8) is 0 Å². The fourth-order valence-electron chi connectivity index (χ4n) is 3.27. The number of nitrogens with zero attached hydrogens (tertiary/aromatic N) is 3. The first-order valence-electron chi connectivity index (χ1n) is 7.94. The Morgan fingerprint density at radius 2 is 2.14 bits per heavy atom. The van der Waals surface area contributed by atoms with Crippen LogP contribution in [0.25, 0.3) is 0 Å². The molecule has 1 aliphatic heterocycles. The summed E-state index contributed by atoms with van der Waals surface area (Å²) in [5.41, 5.74) is 2.36. The van der Waals surface area contributed by atoms with Crippen LogP contribution in [0.5, 0.6) is 0 Å². The van der Waals surface area contributed by atoms with Gasteiger partial charge in [-0.15, -0.1) is 0 Å². The maximum absolute atomic E-state index is 12.7. The molecule has 1 unspecified atom stereocenters. The van der Waals surface area contributed by atoms with Gasteiger partial charge in [0.2, 0.25) is 5.91 Å². The highest BCUT2D eigenvalue weighted by Gasteiger charge is 2.29. The van der Waals surface area contributed by atoms with Gasteiger partial charge in [0.15, 0.2) is 0 Å². The molecule has 1 fully saturated rings. The van der Waals surface area contributed by atoms with Crippen molar-refractivity contribution in [2.24, 2.45) is 13.0 Å². The van der Waals surface area contributed by atoms with E-state index in [0.29, 0.717) is 5.92 Å². The molecule has 1 aromatic heterocycles. The molecule has 0 aliphatic carbocycles. The van der Waals surface area contributed by atoms with Gasteiger partial charge in [-0.2, -0.15) is 5.10 Å². The third-order valence-corrected chi connectivity index (χ3v) is 4.55. The molecule has 0 bridgehead atoms. The molecule has 0 spiro atoms. The summed E-state index contributed by atoms with van der Waals surface area (Å²) in [7, 11) is 1.94. The third kappa shape index (κ3) is 3.21. The average molecular weight is 297 g/mol. The summed E-state index contributed by atoms with van der Waals surface area (Å²) in [6.07, 6.45) is 6.09. The number of carbonyl (C=O) groups is 1. The first kappa shape index (κ1) is 14.8. The molecule has 2 aromatic rings. The number of aryl methyl sites for hydroxylation is 1. The largest absolute Gasteiger partial charge is 0.342 e. The number of benzene rings is 1. The number of aromatic nitrogens is 2. The van der Waals surface area contributed by atoms with Crippen molar-refractivity contribution in [3.05, 3.63) is 53.9 Å². The van der Waals surface area contributed by atoms with Gasteiger partial charge in [0.25, 0.3) is 0 Å². The Balaban J connectivity index is 1.59. The number of hydrogen-bond donors (Lipinski definition) is 0. The average Bonchev–Trinajstić information content (AvgIpc) is 3.16. The Labute approximate surface area is 131 Å². The molecule has 0 saturated carbocycles. The summed E-state index contributed by atoms with van der Waals surface area (Å²) >= 11 is 0. The molecule has 2 atom stereocenters. The molecule has 4 nitrogen and oxygen atoms in total. The highest BCUT2D eigenvalue weighted by atomic mass is 16.2. The predicted octanol–water partition coefficient (Wildman–Crippen LogP) is 2.61. The van der Waals surface area contributed by atoms with Gasteiger partial charge in [-0.1, -0.05) is 30.3 Å². The van der Waals surface area contributed by atoms with Crippen LogP contribution in [-0.2, 0) is 18.3 Å². The molecule has 1 saturated heterocycles. The van der Waals surface area contributed by atoms with Crippen molar-refractivity contribution in [2.75, 3.05) is 13.1 Å². The number of carbonyl (C=O) groups excluding carboxylic acids is 1. The van der Waals surface area contributed by atoms with E-state index >= 15 is 0 Å². The smallest absolute Gasteiger partial charge is 0.229 e. The van der Waals surface area contributed by atoms with Crippen LogP contribution in [0.4, 0.5) is 0 Å². The minimum atomic E-state index is -0.0571. The van der Waals surface area contributed by atoms with E-state index in [-0.39, 0.29) is 11.8 Å². The van der Waals surface area contributed by atoms with Crippen LogP contribution in [0.2, 0.25) is 0 Å². The van der Waals surface area contributed by atoms with Gasteiger partial charge in [-0.3, -0.25) is 9.48 Å². The number of amides is 1. The van der Waals surface area contributed by atoms with Gasteiger partial charge in [0, 0.05) is 26.3 Å². The SMILES string of the molecule is C[C@@H](C(=O)N1CCC(Cc2cnn(C)c2)C1)c1ccccc1. The lowest BCUT2D eigenvalue weighted by Gasteiger charge is -2.21. The van der Waals surface area contributed by atoms with Crippen LogP contribution in [0, 0.1) is 5.92 Å². The van der Waals surface area contributed by atoms with E-state index < -0.39 is 0 Å². The Morgan fingerprint density at radius 1 is 1.36 bits per heavy atom. The molecule has 0 N–H and O–H groups in total. The van der Waals surface area contributed by atoms with Crippen LogP contribution >= 0.6 is 0 Å². The zero-order chi connectivity index (χ0) is 15.5. The first-order chi connectivity index (χ1) is 10.6. The fourth-order valence-corrected chi connectivity index (χ4v) is 3.27. The van der Waals surface area contributed by atoms with Crippen molar-refractivity contribution in [1.82, 2.24) is 14.7 Å². The van der Waals surface area contributed by atoms with E-state index in [0.717, 1.165) is 31.5 Å². The van der Waals surface area contributed by atoms with Crippen LogP contribution in [0.1, 0.15) is 30.4 Å². The van der Waals surface area contributed by atoms with E-state index in [1.54, 1.807) is 0 Å². The van der Waals surface area contributed by atoms with Crippen LogP contribution in [0.3, 0.4) is 0 Å². The van der Waals surface area contributed by atoms with Gasteiger partial charge in [0.05, 0.1) is 12.1 Å². The zero-order valence-electron chi connectivity index (χ0n) is 13.3. The van der Waals surface area contributed by atoms with E-state index in [9.17, 15) is 4.79 Å². The summed E-state index contributed by atoms with van der Waals surface area (Å²) in [4.78, 5) is 14.7. The van der Waals surface area contributed by atoms with E-state index in [1.165, 1.54) is 5.56 Å². The van der Waals surface area contributed by atoms with Crippen molar-refractivity contribution < 1.29 is 4.79 Å². The van der Waals surface area contributed by atoms with Gasteiger partial charge >= 0.3 is 0 Å². The molecule has 2 heterocycles. The molecule has 1 aliphatic rings. The summed E-state index contributed by atoms with van der Waals surface area (Å²) in [5, 5.41) is 4.22. The quantitative estimate of drug-likeness (QED) is 0.870. The topological polar surface area (TPSA) is 38.1 Å². The molecule has 1 aromatic carbocycles. The fraction of sp³-hybridized carbons (Fsp3) is 0.444. The van der Waals surface area contributed by atoms with Crippen molar-refractivity contribution >= 4 is 5.91 Å². The molecule has 116 valence electrons. The summed E-state index contributed by atoms with van der Waals surface area (Å²) < 4.78 is 1.84. The maximum Gasteiger partial charge on any atom is 0.229 e. The van der Waals surface area contributed by atoms with Gasteiger partial charge in [-0.25, -0.2) is 0 Å². The van der Waals surface area contributed by atoms with Crippen LogP contribution < -0.4 is 0 Å². The summed E-state index contributed by atoms with van der Waals surface area (Å²) in [6.45, 7) is 3.75. The van der Waals surface area contributed by atoms with Gasteiger partial charge < -0.3 is 4.90 Å². The zero-order valence-corrected chi connectivity index (χ0v) is 13.3. The van der Waals surface area contributed by atoms with E-state index in [4.69, 9.17) is 0 Å². The highest BCUT2D eigenvalue weighted by Crippen LogP contribution is 2.25. The molecule has 1 amide bonds. The van der Waals surface area contributed by atoms with E-state index in [1.807, 2.05) is 60.1 Å².